The SMILES string of the molecule is O=C(CCCc1c[nH]c2ccccc12)N1CCCN(C(=O)c2ccoc2)CC1. The first kappa shape index (κ1) is 18.3. The second-order valence-electron chi connectivity index (χ2n) is 7.25. The standard InChI is InChI=1S/C22H25N3O3/c26-21(8-3-5-17-15-23-20-7-2-1-6-19(17)20)24-10-4-11-25(13-12-24)22(27)18-9-14-28-16-18/h1-2,6-7,9,14-16,23H,3-5,8,10-13H2. The average Bonchev–Trinajstić information content (AvgIpc) is 3.32. The van der Waals surface area contributed by atoms with Crippen LogP contribution in [0.1, 0.15) is 35.2 Å². The number of hydrogen-bond acceptors (Lipinski definition) is 3. The van der Waals surface area contributed by atoms with Crippen LogP contribution in [-0.2, 0) is 11.2 Å². The molecule has 0 unspecified atom stereocenters. The number of nitrogens with one attached hydrogen (secondary N) is 1. The van der Waals surface area contributed by atoms with Crippen LogP contribution < -0.4 is 0 Å². The van der Waals surface area contributed by atoms with Gasteiger partial charge in [-0.05, 0) is 37.0 Å². The van der Waals surface area contributed by atoms with Gasteiger partial charge in [0.25, 0.3) is 5.91 Å². The van der Waals surface area contributed by atoms with Crippen LogP contribution in [0.25, 0.3) is 10.9 Å². The molecular weight excluding hydrogens is 354 g/mol. The lowest BCUT2D eigenvalue weighted by Crippen LogP contribution is -2.37. The molecule has 3 heterocycles. The van der Waals surface area contributed by atoms with Crippen molar-refractivity contribution < 1.29 is 14.0 Å². The van der Waals surface area contributed by atoms with Crippen molar-refractivity contribution in [3.63, 3.8) is 0 Å². The van der Waals surface area contributed by atoms with E-state index in [4.69, 9.17) is 4.42 Å². The van der Waals surface area contributed by atoms with Gasteiger partial charge >= 0.3 is 0 Å². The summed E-state index contributed by atoms with van der Waals surface area (Å²) in [6.07, 6.45) is 8.08. The number of aryl methyl sites for hydroxylation is 1. The van der Waals surface area contributed by atoms with Gasteiger partial charge in [0.2, 0.25) is 5.91 Å². The zero-order chi connectivity index (χ0) is 19.3. The molecule has 6 nitrogen and oxygen atoms in total. The molecule has 3 aromatic rings. The third-order valence-corrected chi connectivity index (χ3v) is 5.42. The van der Waals surface area contributed by atoms with Gasteiger partial charge < -0.3 is 19.2 Å². The first-order valence-corrected chi connectivity index (χ1v) is 9.86. The Hall–Kier alpha value is -3.02. The number of carbonyl (C=O) groups is 2. The third kappa shape index (κ3) is 3.96. The normalized spacial score (nSPS) is 15.0. The maximum Gasteiger partial charge on any atom is 0.257 e. The summed E-state index contributed by atoms with van der Waals surface area (Å²) in [5.74, 6) is 0.153. The van der Waals surface area contributed by atoms with Crippen LogP contribution in [0.2, 0.25) is 0 Å². The number of carbonyl (C=O) groups excluding carboxylic acids is 2. The molecule has 146 valence electrons. The number of benzene rings is 1. The predicted molar refractivity (Wildman–Crippen MR) is 107 cm³/mol. The van der Waals surface area contributed by atoms with E-state index in [1.54, 1.807) is 6.07 Å². The highest BCUT2D eigenvalue weighted by Gasteiger charge is 2.23. The molecule has 1 aliphatic heterocycles. The van der Waals surface area contributed by atoms with E-state index in [9.17, 15) is 9.59 Å². The lowest BCUT2D eigenvalue weighted by atomic mass is 10.1. The number of nitrogens with zero attached hydrogens (tertiary/aromatic N) is 2. The second-order valence-corrected chi connectivity index (χ2v) is 7.25. The minimum Gasteiger partial charge on any atom is -0.472 e. The average molecular weight is 379 g/mol. The van der Waals surface area contributed by atoms with Crippen molar-refractivity contribution in [3.8, 4) is 0 Å². The van der Waals surface area contributed by atoms with E-state index in [1.807, 2.05) is 28.1 Å². The van der Waals surface area contributed by atoms with Crippen molar-refractivity contribution in [2.45, 2.75) is 25.7 Å². The van der Waals surface area contributed by atoms with Gasteiger partial charge in [-0.2, -0.15) is 0 Å². The molecule has 1 N–H and O–H groups in total. The largest absolute Gasteiger partial charge is 0.472 e. The number of para-hydroxylation sites is 1. The number of H-pyrrole nitrogens is 1. The number of aromatic amines is 1. The molecule has 4 rings (SSSR count). The molecule has 1 fully saturated rings. The number of hydrogen-bond donors (Lipinski definition) is 1. The summed E-state index contributed by atoms with van der Waals surface area (Å²) in [5.41, 5.74) is 2.97. The Morgan fingerprint density at radius 2 is 1.86 bits per heavy atom. The fourth-order valence-corrected chi connectivity index (χ4v) is 3.87. The van der Waals surface area contributed by atoms with Gasteiger partial charge in [0.15, 0.2) is 0 Å². The highest BCUT2D eigenvalue weighted by molar-refractivity contribution is 5.93. The lowest BCUT2D eigenvalue weighted by molar-refractivity contribution is -0.131. The summed E-state index contributed by atoms with van der Waals surface area (Å²) in [5, 5.41) is 1.23. The Morgan fingerprint density at radius 1 is 1.04 bits per heavy atom. The van der Waals surface area contributed by atoms with Crippen molar-refractivity contribution in [2.24, 2.45) is 0 Å². The molecule has 1 aromatic carbocycles. The van der Waals surface area contributed by atoms with Crippen LogP contribution in [0.4, 0.5) is 0 Å². The summed E-state index contributed by atoms with van der Waals surface area (Å²) in [6.45, 7) is 2.54. The molecule has 0 bridgehead atoms. The Morgan fingerprint density at radius 3 is 2.71 bits per heavy atom. The molecule has 0 radical (unpaired) electrons. The monoisotopic (exact) mass is 379 g/mol. The fraction of sp³-hybridized carbons (Fsp3) is 0.364. The van der Waals surface area contributed by atoms with Crippen molar-refractivity contribution in [1.82, 2.24) is 14.8 Å². The number of furan rings is 1. The lowest BCUT2D eigenvalue weighted by Gasteiger charge is -2.22. The second kappa shape index (κ2) is 8.33. The highest BCUT2D eigenvalue weighted by atomic mass is 16.3. The van der Waals surface area contributed by atoms with Crippen LogP contribution in [-0.4, -0.2) is 52.8 Å². The van der Waals surface area contributed by atoms with Crippen LogP contribution in [0.3, 0.4) is 0 Å². The van der Waals surface area contributed by atoms with Crippen molar-refractivity contribution in [1.29, 1.82) is 0 Å². The summed E-state index contributed by atoms with van der Waals surface area (Å²) in [7, 11) is 0. The van der Waals surface area contributed by atoms with Gasteiger partial charge in [0.1, 0.15) is 6.26 Å². The summed E-state index contributed by atoms with van der Waals surface area (Å²) >= 11 is 0. The van der Waals surface area contributed by atoms with E-state index in [0.717, 1.165) is 24.8 Å². The van der Waals surface area contributed by atoms with Gasteiger partial charge in [0.05, 0.1) is 11.8 Å². The van der Waals surface area contributed by atoms with E-state index in [-0.39, 0.29) is 11.8 Å². The maximum absolute atomic E-state index is 12.6. The van der Waals surface area contributed by atoms with Gasteiger partial charge in [-0.3, -0.25) is 9.59 Å². The maximum atomic E-state index is 12.6. The summed E-state index contributed by atoms with van der Waals surface area (Å²) in [6, 6.07) is 9.92. The molecule has 0 aliphatic carbocycles. The van der Waals surface area contributed by atoms with Crippen LogP contribution in [0.5, 0.6) is 0 Å². The zero-order valence-electron chi connectivity index (χ0n) is 15.9. The van der Waals surface area contributed by atoms with Gasteiger partial charge in [-0.25, -0.2) is 0 Å². The summed E-state index contributed by atoms with van der Waals surface area (Å²) in [4.78, 5) is 32.1. The molecule has 1 saturated heterocycles. The van der Waals surface area contributed by atoms with Gasteiger partial charge in [-0.1, -0.05) is 18.2 Å². The number of aromatic nitrogens is 1. The van der Waals surface area contributed by atoms with Crippen LogP contribution in [0, 0.1) is 0 Å². The topological polar surface area (TPSA) is 69.6 Å². The predicted octanol–water partition coefficient (Wildman–Crippen LogP) is 3.46. The summed E-state index contributed by atoms with van der Waals surface area (Å²) < 4.78 is 5.00. The first-order chi connectivity index (χ1) is 13.7. The fourth-order valence-electron chi connectivity index (χ4n) is 3.87. The molecule has 2 amide bonds. The highest BCUT2D eigenvalue weighted by Crippen LogP contribution is 2.20. The molecule has 28 heavy (non-hydrogen) atoms. The first-order valence-electron chi connectivity index (χ1n) is 9.86. The molecule has 0 saturated carbocycles. The number of rotatable bonds is 5. The van der Waals surface area contributed by atoms with Crippen molar-refractivity contribution in [2.75, 3.05) is 26.2 Å². The molecule has 1 aliphatic rings. The van der Waals surface area contributed by atoms with Crippen LogP contribution >= 0.6 is 0 Å². The molecule has 6 heteroatoms. The number of fused-ring (bicyclic) bond motifs is 1. The smallest absolute Gasteiger partial charge is 0.257 e. The van der Waals surface area contributed by atoms with Crippen LogP contribution in [0.15, 0.2) is 53.5 Å². The van der Waals surface area contributed by atoms with E-state index in [0.29, 0.717) is 38.2 Å². The van der Waals surface area contributed by atoms with Gasteiger partial charge in [0, 0.05) is 49.7 Å². The molecule has 2 aromatic heterocycles. The van der Waals surface area contributed by atoms with Crippen molar-refractivity contribution >= 4 is 22.7 Å². The minimum atomic E-state index is -0.0256. The number of amides is 2. The molecule has 0 atom stereocenters. The van der Waals surface area contributed by atoms with Crippen molar-refractivity contribution in [3.05, 3.63) is 60.2 Å². The van der Waals surface area contributed by atoms with Gasteiger partial charge in [-0.15, -0.1) is 0 Å². The van der Waals surface area contributed by atoms with E-state index in [1.165, 1.54) is 23.5 Å². The van der Waals surface area contributed by atoms with E-state index >= 15 is 0 Å². The Labute approximate surface area is 164 Å². The Kier molecular flexibility index (Phi) is 5.46. The quantitative estimate of drug-likeness (QED) is 0.738. The molecule has 0 spiro atoms. The van der Waals surface area contributed by atoms with E-state index in [2.05, 4.69) is 17.1 Å². The zero-order valence-corrected chi connectivity index (χ0v) is 15.9. The third-order valence-electron chi connectivity index (χ3n) is 5.42. The minimum absolute atomic E-state index is 0.0256. The Bertz CT molecular complexity index is 945. The van der Waals surface area contributed by atoms with E-state index < -0.39 is 0 Å². The Balaban J connectivity index is 1.27. The molecular formula is C22H25N3O3.